The molecule has 3 N–H and O–H groups in total. The second-order valence-electron chi connectivity index (χ2n) is 6.76. The van der Waals surface area contributed by atoms with Crippen molar-refractivity contribution < 1.29 is 14.0 Å². The van der Waals surface area contributed by atoms with E-state index in [4.69, 9.17) is 0 Å². The third kappa shape index (κ3) is 4.53. The van der Waals surface area contributed by atoms with Crippen LogP contribution >= 0.6 is 0 Å². The molecule has 0 aliphatic rings. The van der Waals surface area contributed by atoms with Gasteiger partial charge in [-0.25, -0.2) is 4.39 Å². The molecule has 1 aromatic heterocycles. The number of aromatic amines is 1. The number of benzene rings is 2. The van der Waals surface area contributed by atoms with Crippen LogP contribution in [0, 0.1) is 5.82 Å². The number of hydrogen-bond acceptors (Lipinski definition) is 2. The molecule has 27 heavy (non-hydrogen) atoms. The molecule has 2 amide bonds. The second kappa shape index (κ2) is 8.03. The number of hydrogen-bond donors (Lipinski definition) is 3. The standard InChI is InChI=1S/C21H22FN3O2/c1-13(2)24-21(27)19(25-20(26)14-7-9-16(22)10-8-14)11-15-12-23-18-6-4-3-5-17(15)18/h3-10,12-13,19,23H,11H2,1-2H3,(H,24,27)(H,25,26)/t19-/m0/s1. The molecule has 6 heteroatoms. The van der Waals surface area contributed by atoms with Crippen LogP contribution in [0.3, 0.4) is 0 Å². The SMILES string of the molecule is CC(C)NC(=O)[C@H](Cc1c[nH]c2ccccc12)NC(=O)c1ccc(F)cc1. The lowest BCUT2D eigenvalue weighted by Crippen LogP contribution is -2.49. The predicted octanol–water partition coefficient (Wildman–Crippen LogP) is 3.17. The summed E-state index contributed by atoms with van der Waals surface area (Å²) in [5, 5.41) is 6.63. The minimum atomic E-state index is -0.746. The molecule has 0 spiro atoms. The van der Waals surface area contributed by atoms with Crippen LogP contribution in [0.4, 0.5) is 4.39 Å². The highest BCUT2D eigenvalue weighted by molar-refractivity contribution is 5.98. The fourth-order valence-electron chi connectivity index (χ4n) is 2.96. The minimum absolute atomic E-state index is 0.0503. The molecule has 3 rings (SSSR count). The Morgan fingerprint density at radius 3 is 2.44 bits per heavy atom. The Kier molecular flexibility index (Phi) is 5.54. The number of H-pyrrole nitrogens is 1. The number of aromatic nitrogens is 1. The maximum atomic E-state index is 13.1. The van der Waals surface area contributed by atoms with E-state index in [2.05, 4.69) is 15.6 Å². The van der Waals surface area contributed by atoms with Crippen LogP contribution in [0.15, 0.2) is 54.7 Å². The van der Waals surface area contributed by atoms with Crippen molar-refractivity contribution in [2.45, 2.75) is 32.4 Å². The van der Waals surface area contributed by atoms with Gasteiger partial charge in [0.2, 0.25) is 5.91 Å². The quantitative estimate of drug-likeness (QED) is 0.626. The molecule has 5 nitrogen and oxygen atoms in total. The number of para-hydroxylation sites is 1. The zero-order valence-corrected chi connectivity index (χ0v) is 15.3. The zero-order valence-electron chi connectivity index (χ0n) is 15.3. The Balaban J connectivity index is 1.83. The molecular weight excluding hydrogens is 345 g/mol. The highest BCUT2D eigenvalue weighted by atomic mass is 19.1. The summed E-state index contributed by atoms with van der Waals surface area (Å²) in [6.07, 6.45) is 2.19. The first kappa shape index (κ1) is 18.6. The first-order valence-corrected chi connectivity index (χ1v) is 8.86. The molecule has 1 heterocycles. The summed E-state index contributed by atoms with van der Waals surface area (Å²) in [5.74, 6) is -1.09. The topological polar surface area (TPSA) is 74.0 Å². The molecule has 0 saturated carbocycles. The highest BCUT2D eigenvalue weighted by Crippen LogP contribution is 2.19. The average molecular weight is 367 g/mol. The van der Waals surface area contributed by atoms with Gasteiger partial charge in [-0.15, -0.1) is 0 Å². The number of fused-ring (bicyclic) bond motifs is 1. The van der Waals surface area contributed by atoms with Crippen molar-refractivity contribution in [1.82, 2.24) is 15.6 Å². The van der Waals surface area contributed by atoms with E-state index in [-0.39, 0.29) is 11.9 Å². The van der Waals surface area contributed by atoms with Crippen molar-refractivity contribution in [1.29, 1.82) is 0 Å². The second-order valence-corrected chi connectivity index (χ2v) is 6.76. The number of carbonyl (C=O) groups is 2. The Labute approximate surface area is 157 Å². The summed E-state index contributed by atoms with van der Waals surface area (Å²) in [7, 11) is 0. The monoisotopic (exact) mass is 367 g/mol. The molecule has 3 aromatic rings. The lowest BCUT2D eigenvalue weighted by Gasteiger charge is -2.20. The van der Waals surface area contributed by atoms with Gasteiger partial charge >= 0.3 is 0 Å². The van der Waals surface area contributed by atoms with Crippen LogP contribution < -0.4 is 10.6 Å². The third-order valence-electron chi connectivity index (χ3n) is 4.26. The van der Waals surface area contributed by atoms with Crippen LogP contribution in [0.1, 0.15) is 29.8 Å². The van der Waals surface area contributed by atoms with E-state index in [1.165, 1.54) is 24.3 Å². The zero-order chi connectivity index (χ0) is 19.4. The molecule has 1 atom stereocenters. The Hall–Kier alpha value is -3.15. The molecule has 0 saturated heterocycles. The van der Waals surface area contributed by atoms with Gasteiger partial charge in [0.25, 0.3) is 5.91 Å². The maximum absolute atomic E-state index is 13.1. The van der Waals surface area contributed by atoms with E-state index in [1.54, 1.807) is 0 Å². The van der Waals surface area contributed by atoms with Gasteiger partial charge in [-0.3, -0.25) is 9.59 Å². The van der Waals surface area contributed by atoms with Crippen LogP contribution in [0.25, 0.3) is 10.9 Å². The number of rotatable bonds is 6. The molecule has 2 aromatic carbocycles. The van der Waals surface area contributed by atoms with Crippen LogP contribution in [0.5, 0.6) is 0 Å². The Bertz CT molecular complexity index is 947. The Morgan fingerprint density at radius 2 is 1.74 bits per heavy atom. The molecule has 140 valence electrons. The summed E-state index contributed by atoms with van der Waals surface area (Å²) in [4.78, 5) is 28.3. The minimum Gasteiger partial charge on any atom is -0.361 e. The Morgan fingerprint density at radius 1 is 1.04 bits per heavy atom. The van der Waals surface area contributed by atoms with Gasteiger partial charge in [-0.2, -0.15) is 0 Å². The lowest BCUT2D eigenvalue weighted by molar-refractivity contribution is -0.123. The van der Waals surface area contributed by atoms with Gasteiger partial charge in [0.1, 0.15) is 11.9 Å². The van der Waals surface area contributed by atoms with Crippen molar-refractivity contribution in [3.05, 3.63) is 71.7 Å². The molecule has 0 aliphatic carbocycles. The maximum Gasteiger partial charge on any atom is 0.251 e. The first-order chi connectivity index (χ1) is 12.9. The van der Waals surface area contributed by atoms with Crippen LogP contribution in [-0.4, -0.2) is 28.9 Å². The summed E-state index contributed by atoms with van der Waals surface area (Å²) in [5.41, 5.74) is 2.21. The summed E-state index contributed by atoms with van der Waals surface area (Å²) in [6, 6.07) is 12.2. The normalized spacial score (nSPS) is 12.1. The number of carbonyl (C=O) groups excluding carboxylic acids is 2. The summed E-state index contributed by atoms with van der Waals surface area (Å²) in [6.45, 7) is 3.73. The van der Waals surface area contributed by atoms with Crippen molar-refractivity contribution in [3.8, 4) is 0 Å². The van der Waals surface area contributed by atoms with Gasteiger partial charge < -0.3 is 15.6 Å². The van der Waals surface area contributed by atoms with Gasteiger partial charge in [-0.05, 0) is 49.7 Å². The molecule has 0 radical (unpaired) electrons. The van der Waals surface area contributed by atoms with Crippen LogP contribution in [0.2, 0.25) is 0 Å². The average Bonchev–Trinajstić information content (AvgIpc) is 3.04. The van der Waals surface area contributed by atoms with Crippen molar-refractivity contribution in [2.24, 2.45) is 0 Å². The van der Waals surface area contributed by atoms with E-state index < -0.39 is 17.8 Å². The number of halogens is 1. The number of amides is 2. The van der Waals surface area contributed by atoms with Crippen molar-refractivity contribution in [3.63, 3.8) is 0 Å². The van der Waals surface area contributed by atoms with E-state index in [1.807, 2.05) is 44.3 Å². The summed E-state index contributed by atoms with van der Waals surface area (Å²) >= 11 is 0. The van der Waals surface area contributed by atoms with E-state index in [0.29, 0.717) is 12.0 Å². The highest BCUT2D eigenvalue weighted by Gasteiger charge is 2.23. The number of nitrogens with one attached hydrogen (secondary N) is 3. The summed E-state index contributed by atoms with van der Waals surface area (Å²) < 4.78 is 13.1. The molecule has 0 fully saturated rings. The van der Waals surface area contributed by atoms with Gasteiger partial charge in [0.15, 0.2) is 0 Å². The lowest BCUT2D eigenvalue weighted by atomic mass is 10.0. The molecule has 0 bridgehead atoms. The first-order valence-electron chi connectivity index (χ1n) is 8.86. The van der Waals surface area contributed by atoms with E-state index >= 15 is 0 Å². The smallest absolute Gasteiger partial charge is 0.251 e. The van der Waals surface area contributed by atoms with Gasteiger partial charge in [0.05, 0.1) is 0 Å². The fraction of sp³-hybridized carbons (Fsp3) is 0.238. The largest absolute Gasteiger partial charge is 0.361 e. The molecule has 0 aliphatic heterocycles. The van der Waals surface area contributed by atoms with Crippen LogP contribution in [-0.2, 0) is 11.2 Å². The molecular formula is C21H22FN3O2. The van der Waals surface area contributed by atoms with Gasteiger partial charge in [0, 0.05) is 35.1 Å². The van der Waals surface area contributed by atoms with Crippen molar-refractivity contribution in [2.75, 3.05) is 0 Å². The molecule has 0 unspecified atom stereocenters. The van der Waals surface area contributed by atoms with Gasteiger partial charge in [-0.1, -0.05) is 18.2 Å². The van der Waals surface area contributed by atoms with E-state index in [0.717, 1.165) is 16.5 Å². The third-order valence-corrected chi connectivity index (χ3v) is 4.26. The fourth-order valence-corrected chi connectivity index (χ4v) is 2.96. The predicted molar refractivity (Wildman–Crippen MR) is 103 cm³/mol. The van der Waals surface area contributed by atoms with Crippen molar-refractivity contribution >= 4 is 22.7 Å². The van der Waals surface area contributed by atoms with E-state index in [9.17, 15) is 14.0 Å².